The number of halogens is 1. The molecule has 1 amide bonds. The topological polar surface area (TPSA) is 96.5 Å². The van der Waals surface area contributed by atoms with E-state index in [1.807, 2.05) is 18.2 Å². The summed E-state index contributed by atoms with van der Waals surface area (Å²) in [5.41, 5.74) is 1.08. The molecule has 1 aliphatic carbocycles. The van der Waals surface area contributed by atoms with Gasteiger partial charge in [0.25, 0.3) is 0 Å². The van der Waals surface area contributed by atoms with E-state index in [1.54, 1.807) is 12.1 Å². The predicted octanol–water partition coefficient (Wildman–Crippen LogP) is 2.95. The molecule has 1 fully saturated rings. The number of anilines is 2. The maximum atomic E-state index is 12.4. The Hall–Kier alpha value is -2.10. The van der Waals surface area contributed by atoms with Crippen LogP contribution in [0.5, 0.6) is 5.75 Å². The Morgan fingerprint density at radius 3 is 2.59 bits per heavy atom. The Balaban J connectivity index is 1.70. The molecule has 7 nitrogen and oxygen atoms in total. The minimum atomic E-state index is -3.59. The van der Waals surface area contributed by atoms with E-state index in [0.717, 1.165) is 17.3 Å². The lowest BCUT2D eigenvalue weighted by molar-refractivity contribution is -0.114. The highest BCUT2D eigenvalue weighted by Crippen LogP contribution is 2.29. The van der Waals surface area contributed by atoms with Crippen LogP contribution >= 0.6 is 15.9 Å². The fourth-order valence-corrected chi connectivity index (χ4v) is 4.13. The van der Waals surface area contributed by atoms with Crippen molar-refractivity contribution in [1.29, 1.82) is 0 Å². The molecule has 9 heteroatoms. The standard InChI is InChI=1S/C18H20BrN3O4S/c1-26-17-9-8-13(27(24,25)22-12-6-7-12)10-16(17)20-11-18(23)21-15-5-3-2-4-14(15)19/h2-5,8-10,12,20,22H,6-7,11H2,1H3,(H,21,23). The van der Waals surface area contributed by atoms with Gasteiger partial charge in [0, 0.05) is 10.5 Å². The van der Waals surface area contributed by atoms with Crippen molar-refractivity contribution in [3.8, 4) is 5.75 Å². The van der Waals surface area contributed by atoms with Crippen LogP contribution in [-0.4, -0.2) is 34.0 Å². The van der Waals surface area contributed by atoms with E-state index in [4.69, 9.17) is 4.74 Å². The van der Waals surface area contributed by atoms with E-state index in [-0.39, 0.29) is 23.4 Å². The Labute approximate surface area is 166 Å². The van der Waals surface area contributed by atoms with Gasteiger partial charge in [0.1, 0.15) is 5.75 Å². The molecular formula is C18H20BrN3O4S. The van der Waals surface area contributed by atoms with Gasteiger partial charge in [0.15, 0.2) is 0 Å². The van der Waals surface area contributed by atoms with Crippen LogP contribution in [0.25, 0.3) is 0 Å². The second-order valence-corrected chi connectivity index (χ2v) is 8.71. The Kier molecular flexibility index (Phi) is 6.03. The second-order valence-electron chi connectivity index (χ2n) is 6.14. The number of sulfonamides is 1. The van der Waals surface area contributed by atoms with Gasteiger partial charge < -0.3 is 15.4 Å². The summed E-state index contributed by atoms with van der Waals surface area (Å²) in [6.07, 6.45) is 1.71. The Morgan fingerprint density at radius 1 is 1.19 bits per heavy atom. The normalized spacial score (nSPS) is 13.9. The molecule has 2 aromatic rings. The molecule has 0 saturated heterocycles. The monoisotopic (exact) mass is 453 g/mol. The fourth-order valence-electron chi connectivity index (χ4n) is 2.41. The van der Waals surface area contributed by atoms with E-state index in [9.17, 15) is 13.2 Å². The minimum Gasteiger partial charge on any atom is -0.495 e. The van der Waals surface area contributed by atoms with Gasteiger partial charge in [-0.1, -0.05) is 12.1 Å². The third kappa shape index (κ3) is 5.21. The number of para-hydroxylation sites is 1. The summed E-state index contributed by atoms with van der Waals surface area (Å²) in [7, 11) is -2.11. The van der Waals surface area contributed by atoms with Crippen molar-refractivity contribution in [2.24, 2.45) is 0 Å². The molecule has 27 heavy (non-hydrogen) atoms. The van der Waals surface area contributed by atoms with Crippen LogP contribution in [-0.2, 0) is 14.8 Å². The summed E-state index contributed by atoms with van der Waals surface area (Å²) in [5.74, 6) is 0.183. The van der Waals surface area contributed by atoms with Gasteiger partial charge in [0.05, 0.1) is 29.9 Å². The summed E-state index contributed by atoms with van der Waals surface area (Å²) in [4.78, 5) is 12.3. The molecule has 0 atom stereocenters. The quantitative estimate of drug-likeness (QED) is 0.570. The first-order valence-corrected chi connectivity index (χ1v) is 10.7. The number of hydrogen-bond donors (Lipinski definition) is 3. The third-order valence-electron chi connectivity index (χ3n) is 3.97. The van der Waals surface area contributed by atoms with Crippen LogP contribution in [0, 0.1) is 0 Å². The Bertz CT molecular complexity index is 945. The maximum Gasteiger partial charge on any atom is 0.243 e. The SMILES string of the molecule is COc1ccc(S(=O)(=O)NC2CC2)cc1NCC(=O)Nc1ccccc1Br. The summed E-state index contributed by atoms with van der Waals surface area (Å²) in [6.45, 7) is -0.0444. The molecular weight excluding hydrogens is 434 g/mol. The van der Waals surface area contributed by atoms with E-state index in [1.165, 1.54) is 19.2 Å². The molecule has 0 bridgehead atoms. The van der Waals surface area contributed by atoms with Crippen LogP contribution < -0.4 is 20.1 Å². The summed E-state index contributed by atoms with van der Waals surface area (Å²) >= 11 is 3.37. The van der Waals surface area contributed by atoms with E-state index < -0.39 is 10.0 Å². The zero-order chi connectivity index (χ0) is 19.4. The number of rotatable bonds is 8. The third-order valence-corrected chi connectivity index (χ3v) is 6.18. The smallest absolute Gasteiger partial charge is 0.243 e. The molecule has 1 aliphatic rings. The molecule has 0 aromatic heterocycles. The zero-order valence-electron chi connectivity index (χ0n) is 14.7. The highest BCUT2D eigenvalue weighted by molar-refractivity contribution is 9.10. The van der Waals surface area contributed by atoms with E-state index in [0.29, 0.717) is 17.1 Å². The highest BCUT2D eigenvalue weighted by atomic mass is 79.9. The summed E-state index contributed by atoms with van der Waals surface area (Å²) < 4.78 is 33.4. The first kappa shape index (κ1) is 19.7. The van der Waals surface area contributed by atoms with Gasteiger partial charge in [0.2, 0.25) is 15.9 Å². The van der Waals surface area contributed by atoms with E-state index in [2.05, 4.69) is 31.3 Å². The van der Waals surface area contributed by atoms with Crippen molar-refractivity contribution in [3.05, 3.63) is 46.9 Å². The highest BCUT2D eigenvalue weighted by Gasteiger charge is 2.28. The van der Waals surface area contributed by atoms with Crippen molar-refractivity contribution in [1.82, 2.24) is 4.72 Å². The maximum absolute atomic E-state index is 12.4. The molecule has 144 valence electrons. The summed E-state index contributed by atoms with van der Waals surface area (Å²) in [5, 5.41) is 5.72. The van der Waals surface area contributed by atoms with Crippen molar-refractivity contribution in [2.45, 2.75) is 23.8 Å². The number of carbonyl (C=O) groups is 1. The summed E-state index contributed by atoms with van der Waals surface area (Å²) in [6, 6.07) is 11.8. The number of amides is 1. The lowest BCUT2D eigenvalue weighted by atomic mass is 10.3. The molecule has 0 aliphatic heterocycles. The van der Waals surface area contributed by atoms with Crippen LogP contribution in [0.15, 0.2) is 51.8 Å². The average Bonchev–Trinajstić information content (AvgIpc) is 3.45. The van der Waals surface area contributed by atoms with Crippen molar-refractivity contribution in [3.63, 3.8) is 0 Å². The van der Waals surface area contributed by atoms with Crippen LogP contribution in [0.4, 0.5) is 11.4 Å². The second kappa shape index (κ2) is 8.28. The number of benzene rings is 2. The minimum absolute atomic E-state index is 0.0172. The molecule has 3 rings (SSSR count). The van der Waals surface area contributed by atoms with Crippen LogP contribution in [0.2, 0.25) is 0 Å². The number of hydrogen-bond acceptors (Lipinski definition) is 5. The number of carbonyl (C=O) groups excluding carboxylic acids is 1. The number of ether oxygens (including phenoxy) is 1. The molecule has 0 unspecified atom stereocenters. The first-order valence-electron chi connectivity index (χ1n) is 8.37. The van der Waals surface area contributed by atoms with Crippen molar-refractivity contribution < 1.29 is 17.9 Å². The van der Waals surface area contributed by atoms with Gasteiger partial charge in [-0.3, -0.25) is 4.79 Å². The van der Waals surface area contributed by atoms with Crippen molar-refractivity contribution in [2.75, 3.05) is 24.3 Å². The predicted molar refractivity (Wildman–Crippen MR) is 108 cm³/mol. The Morgan fingerprint density at radius 2 is 1.93 bits per heavy atom. The lowest BCUT2D eigenvalue weighted by Gasteiger charge is -2.14. The fraction of sp³-hybridized carbons (Fsp3) is 0.278. The van der Waals surface area contributed by atoms with Gasteiger partial charge in [-0.05, 0) is 59.1 Å². The zero-order valence-corrected chi connectivity index (χ0v) is 17.1. The van der Waals surface area contributed by atoms with Gasteiger partial charge >= 0.3 is 0 Å². The average molecular weight is 454 g/mol. The molecule has 0 spiro atoms. The molecule has 0 radical (unpaired) electrons. The van der Waals surface area contributed by atoms with Crippen LogP contribution in [0.3, 0.4) is 0 Å². The number of nitrogens with one attached hydrogen (secondary N) is 3. The molecule has 0 heterocycles. The van der Waals surface area contributed by atoms with Crippen LogP contribution in [0.1, 0.15) is 12.8 Å². The molecule has 2 aromatic carbocycles. The largest absolute Gasteiger partial charge is 0.495 e. The van der Waals surface area contributed by atoms with Gasteiger partial charge in [-0.25, -0.2) is 13.1 Å². The van der Waals surface area contributed by atoms with Gasteiger partial charge in [-0.2, -0.15) is 0 Å². The van der Waals surface area contributed by atoms with Crippen molar-refractivity contribution >= 4 is 43.2 Å². The van der Waals surface area contributed by atoms with Gasteiger partial charge in [-0.15, -0.1) is 0 Å². The number of methoxy groups -OCH3 is 1. The molecule has 1 saturated carbocycles. The molecule has 3 N–H and O–H groups in total. The lowest BCUT2D eigenvalue weighted by Crippen LogP contribution is -2.26. The first-order chi connectivity index (χ1) is 12.9. The van der Waals surface area contributed by atoms with E-state index >= 15 is 0 Å².